The first-order valence-corrected chi connectivity index (χ1v) is 10.3. The van der Waals surface area contributed by atoms with Crippen LogP contribution in [0.25, 0.3) is 11.4 Å². The Morgan fingerprint density at radius 3 is 2.50 bits per heavy atom. The third-order valence-electron chi connectivity index (χ3n) is 3.29. The normalized spacial score (nSPS) is 12.0. The first kappa shape index (κ1) is 17.1. The SMILES string of the molecule is CSc1ccc(-c2nccn2CCS(=O)(=O)CC(C)C)cc1. The molecule has 0 aliphatic heterocycles. The molecule has 0 amide bonds. The summed E-state index contributed by atoms with van der Waals surface area (Å²) in [6.45, 7) is 4.29. The topological polar surface area (TPSA) is 52.0 Å². The first-order valence-electron chi connectivity index (χ1n) is 7.27. The summed E-state index contributed by atoms with van der Waals surface area (Å²) in [5, 5.41) is 0. The van der Waals surface area contributed by atoms with Crippen LogP contribution in [0.2, 0.25) is 0 Å². The number of aromatic nitrogens is 2. The highest BCUT2D eigenvalue weighted by atomic mass is 32.2. The molecule has 2 rings (SSSR count). The van der Waals surface area contributed by atoms with Crippen molar-refractivity contribution in [3.8, 4) is 11.4 Å². The summed E-state index contributed by atoms with van der Waals surface area (Å²) < 4.78 is 26.0. The molecule has 0 fully saturated rings. The van der Waals surface area contributed by atoms with Gasteiger partial charge in [0.2, 0.25) is 0 Å². The zero-order valence-corrected chi connectivity index (χ0v) is 14.8. The van der Waals surface area contributed by atoms with Gasteiger partial charge in [-0.3, -0.25) is 0 Å². The smallest absolute Gasteiger partial charge is 0.152 e. The van der Waals surface area contributed by atoms with Crippen LogP contribution in [0, 0.1) is 5.92 Å². The van der Waals surface area contributed by atoms with Gasteiger partial charge in [-0.15, -0.1) is 11.8 Å². The van der Waals surface area contributed by atoms with E-state index in [1.54, 1.807) is 18.0 Å². The average Bonchev–Trinajstić information content (AvgIpc) is 2.92. The monoisotopic (exact) mass is 338 g/mol. The Morgan fingerprint density at radius 2 is 1.91 bits per heavy atom. The number of imidazole rings is 1. The molecule has 6 heteroatoms. The Morgan fingerprint density at radius 1 is 1.23 bits per heavy atom. The fourth-order valence-corrected chi connectivity index (χ4v) is 4.38. The largest absolute Gasteiger partial charge is 0.330 e. The molecule has 0 saturated carbocycles. The van der Waals surface area contributed by atoms with Crippen LogP contribution in [-0.2, 0) is 16.4 Å². The van der Waals surface area contributed by atoms with Gasteiger partial charge in [-0.1, -0.05) is 26.0 Å². The molecule has 0 spiro atoms. The van der Waals surface area contributed by atoms with E-state index in [4.69, 9.17) is 0 Å². The van der Waals surface area contributed by atoms with Gasteiger partial charge in [0.15, 0.2) is 9.84 Å². The van der Waals surface area contributed by atoms with Crippen molar-refractivity contribution >= 4 is 21.6 Å². The molecule has 22 heavy (non-hydrogen) atoms. The molecule has 4 nitrogen and oxygen atoms in total. The van der Waals surface area contributed by atoms with Gasteiger partial charge in [-0.25, -0.2) is 13.4 Å². The summed E-state index contributed by atoms with van der Waals surface area (Å²) in [6.07, 6.45) is 5.59. The Balaban J connectivity index is 2.12. The van der Waals surface area contributed by atoms with E-state index >= 15 is 0 Å². The lowest BCUT2D eigenvalue weighted by Gasteiger charge is -2.10. The molecule has 0 aliphatic carbocycles. The third kappa shape index (κ3) is 4.61. The number of thioether (sulfide) groups is 1. The van der Waals surface area contributed by atoms with E-state index in [1.807, 2.05) is 43.0 Å². The molecule has 1 aromatic carbocycles. The van der Waals surface area contributed by atoms with E-state index in [9.17, 15) is 8.42 Å². The second kappa shape index (κ2) is 7.33. The maximum absolute atomic E-state index is 12.0. The van der Waals surface area contributed by atoms with Gasteiger partial charge in [0.25, 0.3) is 0 Å². The molecule has 0 bridgehead atoms. The molecular weight excluding hydrogens is 316 g/mol. The van der Waals surface area contributed by atoms with E-state index in [0.29, 0.717) is 6.54 Å². The highest BCUT2D eigenvalue weighted by Crippen LogP contribution is 2.22. The molecule has 0 saturated heterocycles. The van der Waals surface area contributed by atoms with Crippen LogP contribution < -0.4 is 0 Å². The minimum absolute atomic E-state index is 0.150. The fraction of sp³-hybridized carbons (Fsp3) is 0.438. The second-order valence-electron chi connectivity index (χ2n) is 5.68. The van der Waals surface area contributed by atoms with Gasteiger partial charge in [0.05, 0.1) is 11.5 Å². The molecule has 1 aromatic heterocycles. The number of benzene rings is 1. The van der Waals surface area contributed by atoms with E-state index in [2.05, 4.69) is 17.1 Å². The summed E-state index contributed by atoms with van der Waals surface area (Å²) in [7, 11) is -3.02. The minimum Gasteiger partial charge on any atom is -0.330 e. The average molecular weight is 338 g/mol. The van der Waals surface area contributed by atoms with Crippen molar-refractivity contribution in [1.82, 2.24) is 9.55 Å². The molecule has 2 aromatic rings. The number of aryl methyl sites for hydroxylation is 1. The van der Waals surface area contributed by atoms with Crippen LogP contribution >= 0.6 is 11.8 Å². The number of rotatable bonds is 7. The Kier molecular flexibility index (Phi) is 5.69. The van der Waals surface area contributed by atoms with Crippen molar-refractivity contribution in [1.29, 1.82) is 0 Å². The lowest BCUT2D eigenvalue weighted by atomic mass is 10.2. The quantitative estimate of drug-likeness (QED) is 0.727. The zero-order chi connectivity index (χ0) is 16.2. The molecule has 120 valence electrons. The standard InChI is InChI=1S/C16H22N2O2S2/c1-13(2)12-22(19,20)11-10-18-9-8-17-16(18)14-4-6-15(21-3)7-5-14/h4-9,13H,10-12H2,1-3H3. The molecular formula is C16H22N2O2S2. The fourth-order valence-electron chi connectivity index (χ4n) is 2.32. The predicted molar refractivity (Wildman–Crippen MR) is 92.9 cm³/mol. The highest BCUT2D eigenvalue weighted by molar-refractivity contribution is 7.98. The van der Waals surface area contributed by atoms with Crippen molar-refractivity contribution in [3.05, 3.63) is 36.7 Å². The van der Waals surface area contributed by atoms with Crippen molar-refractivity contribution in [2.45, 2.75) is 25.3 Å². The Hall–Kier alpha value is -1.27. The summed E-state index contributed by atoms with van der Waals surface area (Å²) in [5.74, 6) is 1.36. The molecule has 0 radical (unpaired) electrons. The first-order chi connectivity index (χ1) is 10.4. The van der Waals surface area contributed by atoms with Gasteiger partial charge in [-0.2, -0.15) is 0 Å². The summed E-state index contributed by atoms with van der Waals surface area (Å²) in [4.78, 5) is 5.56. The Bertz CT molecular complexity index is 704. The number of hydrogen-bond acceptors (Lipinski definition) is 4. The maximum Gasteiger partial charge on any atom is 0.152 e. The van der Waals surface area contributed by atoms with Crippen molar-refractivity contribution in [2.75, 3.05) is 17.8 Å². The molecule has 0 N–H and O–H groups in total. The van der Waals surface area contributed by atoms with Crippen LogP contribution in [0.1, 0.15) is 13.8 Å². The van der Waals surface area contributed by atoms with E-state index in [0.717, 1.165) is 11.4 Å². The second-order valence-corrected chi connectivity index (χ2v) is 8.79. The van der Waals surface area contributed by atoms with Crippen LogP contribution in [0.5, 0.6) is 0 Å². The lowest BCUT2D eigenvalue weighted by molar-refractivity contribution is 0.576. The van der Waals surface area contributed by atoms with Gasteiger partial charge < -0.3 is 4.57 Å². The van der Waals surface area contributed by atoms with Gasteiger partial charge in [0.1, 0.15) is 5.82 Å². The summed E-state index contributed by atoms with van der Waals surface area (Å²) in [6, 6.07) is 8.14. The van der Waals surface area contributed by atoms with Crippen molar-refractivity contribution in [3.63, 3.8) is 0 Å². The lowest BCUT2D eigenvalue weighted by Crippen LogP contribution is -2.19. The van der Waals surface area contributed by atoms with Crippen LogP contribution in [-0.4, -0.2) is 35.7 Å². The van der Waals surface area contributed by atoms with E-state index in [-0.39, 0.29) is 17.4 Å². The predicted octanol–water partition coefficient (Wildman–Crippen LogP) is 3.34. The Labute approximate surface area is 136 Å². The van der Waals surface area contributed by atoms with Crippen molar-refractivity contribution < 1.29 is 8.42 Å². The van der Waals surface area contributed by atoms with Gasteiger partial charge in [-0.05, 0) is 24.3 Å². The van der Waals surface area contributed by atoms with Crippen LogP contribution in [0.4, 0.5) is 0 Å². The molecule has 0 atom stereocenters. The molecule has 1 heterocycles. The highest BCUT2D eigenvalue weighted by Gasteiger charge is 2.14. The summed E-state index contributed by atoms with van der Waals surface area (Å²) >= 11 is 1.69. The number of nitrogens with zero attached hydrogens (tertiary/aromatic N) is 2. The van der Waals surface area contributed by atoms with E-state index < -0.39 is 9.84 Å². The zero-order valence-electron chi connectivity index (χ0n) is 13.2. The van der Waals surface area contributed by atoms with Gasteiger partial charge in [0, 0.05) is 29.4 Å². The van der Waals surface area contributed by atoms with E-state index in [1.165, 1.54) is 4.90 Å². The maximum atomic E-state index is 12.0. The minimum atomic E-state index is -3.02. The van der Waals surface area contributed by atoms with Crippen LogP contribution in [0.3, 0.4) is 0 Å². The summed E-state index contributed by atoms with van der Waals surface area (Å²) in [5.41, 5.74) is 1.00. The molecule has 0 aliphatic rings. The van der Waals surface area contributed by atoms with Crippen molar-refractivity contribution in [2.24, 2.45) is 5.92 Å². The molecule has 0 unspecified atom stereocenters. The van der Waals surface area contributed by atoms with Crippen LogP contribution in [0.15, 0.2) is 41.6 Å². The van der Waals surface area contributed by atoms with Gasteiger partial charge >= 0.3 is 0 Å². The number of sulfone groups is 1. The third-order valence-corrected chi connectivity index (χ3v) is 6.02. The number of hydrogen-bond donors (Lipinski definition) is 0.